The van der Waals surface area contributed by atoms with Crippen LogP contribution in [0, 0.1) is 6.92 Å². The van der Waals surface area contributed by atoms with Crippen LogP contribution in [-0.4, -0.2) is 21.8 Å². The molecule has 0 bridgehead atoms. The van der Waals surface area contributed by atoms with Crippen LogP contribution in [0.3, 0.4) is 0 Å². The second-order valence-electron chi connectivity index (χ2n) is 4.75. The zero-order valence-corrected chi connectivity index (χ0v) is 13.1. The molecule has 112 valence electrons. The normalized spacial score (nSPS) is 10.8. The average Bonchev–Trinajstić information content (AvgIpc) is 2.89. The Hall–Kier alpha value is -2.34. The van der Waals surface area contributed by atoms with Crippen LogP contribution in [-0.2, 0) is 0 Å². The average molecular weight is 313 g/mol. The maximum absolute atomic E-state index is 12.2. The zero-order chi connectivity index (χ0) is 15.5. The van der Waals surface area contributed by atoms with Crippen molar-refractivity contribution in [3.63, 3.8) is 0 Å². The Kier molecular flexibility index (Phi) is 4.11. The molecule has 2 heterocycles. The molecule has 0 fully saturated rings. The molecule has 22 heavy (non-hydrogen) atoms. The first kappa shape index (κ1) is 14.6. The summed E-state index contributed by atoms with van der Waals surface area (Å²) in [6.45, 7) is 3.94. The molecule has 0 unspecified atom stereocenters. The van der Waals surface area contributed by atoms with Gasteiger partial charge >= 0.3 is 0 Å². The molecular weight excluding hydrogens is 298 g/mol. The molecule has 3 aromatic rings. The van der Waals surface area contributed by atoms with E-state index in [2.05, 4.69) is 22.4 Å². The van der Waals surface area contributed by atoms with Crippen LogP contribution in [0.5, 0.6) is 0 Å². The van der Waals surface area contributed by atoms with Gasteiger partial charge in [0.05, 0.1) is 16.3 Å². The van der Waals surface area contributed by atoms with Crippen LogP contribution < -0.4 is 5.32 Å². The second-order valence-corrected chi connectivity index (χ2v) is 6.04. The molecule has 0 saturated heterocycles. The lowest BCUT2D eigenvalue weighted by molar-refractivity contribution is 0.102. The Balaban J connectivity index is 1.77. The van der Waals surface area contributed by atoms with E-state index in [1.54, 1.807) is 30.1 Å². The van der Waals surface area contributed by atoms with Crippen molar-refractivity contribution in [1.29, 1.82) is 0 Å². The lowest BCUT2D eigenvalue weighted by Gasteiger charge is -2.05. The van der Waals surface area contributed by atoms with Gasteiger partial charge in [0.2, 0.25) is 0 Å². The van der Waals surface area contributed by atoms with Crippen LogP contribution in [0.15, 0.2) is 46.1 Å². The number of pyridine rings is 1. The summed E-state index contributed by atoms with van der Waals surface area (Å²) in [4.78, 5) is 16.5. The summed E-state index contributed by atoms with van der Waals surface area (Å²) in [5.74, 6) is 0.756. The molecule has 2 aromatic heterocycles. The van der Waals surface area contributed by atoms with Gasteiger partial charge in [-0.3, -0.25) is 4.79 Å². The number of nitrogens with zero attached hydrogens (tertiary/aromatic N) is 2. The monoisotopic (exact) mass is 313 g/mol. The quantitative estimate of drug-likeness (QED) is 0.740. The van der Waals surface area contributed by atoms with Gasteiger partial charge in [0, 0.05) is 23.3 Å². The predicted molar refractivity (Wildman–Crippen MR) is 87.3 cm³/mol. The maximum atomic E-state index is 12.2. The topological polar surface area (TPSA) is 68.0 Å². The number of aromatic nitrogens is 2. The number of hydrogen-bond donors (Lipinski definition) is 1. The lowest BCUT2D eigenvalue weighted by Crippen LogP contribution is -2.12. The number of thioether (sulfide) groups is 1. The molecule has 0 aliphatic rings. The third-order valence-electron chi connectivity index (χ3n) is 3.20. The molecule has 5 nitrogen and oxygen atoms in total. The van der Waals surface area contributed by atoms with Crippen LogP contribution in [0.2, 0.25) is 0 Å². The van der Waals surface area contributed by atoms with E-state index in [1.165, 1.54) is 0 Å². The summed E-state index contributed by atoms with van der Waals surface area (Å²) >= 11 is 1.64. The standard InChI is InChI=1S/C16H15N3O2S/c1-3-22-15-7-4-11(9-17-15)16(20)18-12-5-6-13-10(2)19-21-14(13)8-12/h4-9H,3H2,1-2H3,(H,18,20). The van der Waals surface area contributed by atoms with E-state index in [9.17, 15) is 4.79 Å². The van der Waals surface area contributed by atoms with Gasteiger partial charge in [-0.15, -0.1) is 11.8 Å². The first-order chi connectivity index (χ1) is 10.7. The molecule has 0 spiro atoms. The lowest BCUT2D eigenvalue weighted by atomic mass is 10.2. The van der Waals surface area contributed by atoms with E-state index < -0.39 is 0 Å². The minimum Gasteiger partial charge on any atom is -0.356 e. The summed E-state index contributed by atoms with van der Waals surface area (Å²) in [6, 6.07) is 9.11. The van der Waals surface area contributed by atoms with Crippen molar-refractivity contribution >= 4 is 34.3 Å². The van der Waals surface area contributed by atoms with E-state index in [4.69, 9.17) is 4.52 Å². The van der Waals surface area contributed by atoms with E-state index in [1.807, 2.05) is 25.1 Å². The molecule has 0 saturated carbocycles. The summed E-state index contributed by atoms with van der Waals surface area (Å²) in [5.41, 5.74) is 2.68. The van der Waals surface area contributed by atoms with E-state index in [-0.39, 0.29) is 5.91 Å². The molecule has 1 N–H and O–H groups in total. The number of benzene rings is 1. The van der Waals surface area contributed by atoms with Crippen molar-refractivity contribution < 1.29 is 9.32 Å². The van der Waals surface area contributed by atoms with Crippen molar-refractivity contribution in [3.05, 3.63) is 47.8 Å². The number of carbonyl (C=O) groups excluding carboxylic acids is 1. The van der Waals surface area contributed by atoms with Gasteiger partial charge in [-0.05, 0) is 36.9 Å². The van der Waals surface area contributed by atoms with Gasteiger partial charge in [0.1, 0.15) is 0 Å². The second kappa shape index (κ2) is 6.19. The molecule has 3 rings (SSSR count). The fourth-order valence-electron chi connectivity index (χ4n) is 2.09. The van der Waals surface area contributed by atoms with Crippen LogP contribution >= 0.6 is 11.8 Å². The van der Waals surface area contributed by atoms with Crippen LogP contribution in [0.1, 0.15) is 23.0 Å². The number of hydrogen-bond acceptors (Lipinski definition) is 5. The van der Waals surface area contributed by atoms with E-state index >= 15 is 0 Å². The Morgan fingerprint density at radius 2 is 2.18 bits per heavy atom. The Morgan fingerprint density at radius 1 is 1.32 bits per heavy atom. The first-order valence-corrected chi connectivity index (χ1v) is 7.92. The van der Waals surface area contributed by atoms with Crippen molar-refractivity contribution in [2.24, 2.45) is 0 Å². The number of rotatable bonds is 4. The first-order valence-electron chi connectivity index (χ1n) is 6.93. The smallest absolute Gasteiger partial charge is 0.257 e. The Morgan fingerprint density at radius 3 is 2.91 bits per heavy atom. The molecule has 1 amide bonds. The van der Waals surface area contributed by atoms with E-state index in [0.29, 0.717) is 16.8 Å². The molecule has 0 atom stereocenters. The fraction of sp³-hybridized carbons (Fsp3) is 0.188. The number of amides is 1. The van der Waals surface area contributed by atoms with E-state index in [0.717, 1.165) is 21.9 Å². The number of nitrogens with one attached hydrogen (secondary N) is 1. The molecular formula is C16H15N3O2S. The van der Waals surface area contributed by atoms with Gasteiger partial charge in [-0.2, -0.15) is 0 Å². The van der Waals surface area contributed by atoms with Gasteiger partial charge in [-0.1, -0.05) is 12.1 Å². The molecule has 1 aromatic carbocycles. The minimum atomic E-state index is -0.198. The Labute approximate surface area is 132 Å². The van der Waals surface area contributed by atoms with Gasteiger partial charge in [-0.25, -0.2) is 4.98 Å². The predicted octanol–water partition coefficient (Wildman–Crippen LogP) is 3.90. The summed E-state index contributed by atoms with van der Waals surface area (Å²) in [7, 11) is 0. The SMILES string of the molecule is CCSc1ccc(C(=O)Nc2ccc3c(C)noc3c2)cn1. The minimum absolute atomic E-state index is 0.198. The van der Waals surface area contributed by atoms with Crippen molar-refractivity contribution in [2.75, 3.05) is 11.1 Å². The highest BCUT2D eigenvalue weighted by atomic mass is 32.2. The third kappa shape index (κ3) is 2.96. The highest BCUT2D eigenvalue weighted by Gasteiger charge is 2.09. The highest BCUT2D eigenvalue weighted by Crippen LogP contribution is 2.22. The molecule has 0 aliphatic heterocycles. The van der Waals surface area contributed by atoms with Crippen molar-refractivity contribution in [1.82, 2.24) is 10.1 Å². The van der Waals surface area contributed by atoms with Crippen LogP contribution in [0.25, 0.3) is 11.0 Å². The van der Waals surface area contributed by atoms with Gasteiger partial charge < -0.3 is 9.84 Å². The summed E-state index contributed by atoms with van der Waals surface area (Å²) in [5, 5.41) is 8.60. The van der Waals surface area contributed by atoms with Gasteiger partial charge in [0.15, 0.2) is 5.58 Å². The maximum Gasteiger partial charge on any atom is 0.257 e. The molecule has 6 heteroatoms. The Bertz CT molecular complexity index is 812. The number of anilines is 1. The molecule has 0 aliphatic carbocycles. The number of carbonyl (C=O) groups is 1. The number of aryl methyl sites for hydroxylation is 1. The van der Waals surface area contributed by atoms with Gasteiger partial charge in [0.25, 0.3) is 5.91 Å². The molecule has 0 radical (unpaired) electrons. The van der Waals surface area contributed by atoms with Crippen LogP contribution in [0.4, 0.5) is 5.69 Å². The highest BCUT2D eigenvalue weighted by molar-refractivity contribution is 7.99. The number of fused-ring (bicyclic) bond motifs is 1. The largest absolute Gasteiger partial charge is 0.356 e. The summed E-state index contributed by atoms with van der Waals surface area (Å²) in [6.07, 6.45) is 1.59. The third-order valence-corrected chi connectivity index (χ3v) is 4.03. The fourth-order valence-corrected chi connectivity index (χ4v) is 2.68. The zero-order valence-electron chi connectivity index (χ0n) is 12.3. The van der Waals surface area contributed by atoms with Crippen molar-refractivity contribution in [3.8, 4) is 0 Å². The van der Waals surface area contributed by atoms with Crippen molar-refractivity contribution in [2.45, 2.75) is 18.9 Å². The summed E-state index contributed by atoms with van der Waals surface area (Å²) < 4.78 is 5.20.